The lowest BCUT2D eigenvalue weighted by Gasteiger charge is -2.17. The predicted molar refractivity (Wildman–Crippen MR) is 86.7 cm³/mol. The molecular weight excluding hydrogens is 268 g/mol. The molecule has 1 aromatic heterocycles. The van der Waals surface area contributed by atoms with Gasteiger partial charge in [0.1, 0.15) is 0 Å². The van der Waals surface area contributed by atoms with Crippen LogP contribution in [-0.2, 0) is 0 Å². The molecule has 1 heterocycles. The number of hydrogen-bond donors (Lipinski definition) is 1. The van der Waals surface area contributed by atoms with Crippen LogP contribution in [0.15, 0.2) is 24.3 Å². The fraction of sp³-hybridized carbons (Fsp3) is 0.438. The molecule has 1 amide bonds. The van der Waals surface area contributed by atoms with Crippen molar-refractivity contribution in [3.63, 3.8) is 0 Å². The number of carbonyl (C=O) groups is 1. The van der Waals surface area contributed by atoms with Crippen LogP contribution in [0.1, 0.15) is 29.1 Å². The van der Waals surface area contributed by atoms with E-state index in [1.54, 1.807) is 11.3 Å². The Hall–Kier alpha value is -1.39. The maximum absolute atomic E-state index is 12.2. The maximum Gasteiger partial charge on any atom is 0.261 e. The quantitative estimate of drug-likeness (QED) is 0.885. The van der Waals surface area contributed by atoms with Crippen molar-refractivity contribution in [2.75, 3.05) is 26.2 Å². The van der Waals surface area contributed by atoms with Crippen molar-refractivity contribution in [1.82, 2.24) is 10.2 Å². The van der Waals surface area contributed by atoms with E-state index in [1.807, 2.05) is 12.1 Å². The highest BCUT2D eigenvalue weighted by molar-refractivity contribution is 7.20. The Morgan fingerprint density at radius 1 is 1.30 bits per heavy atom. The zero-order valence-electron chi connectivity index (χ0n) is 12.4. The van der Waals surface area contributed by atoms with Gasteiger partial charge in [-0.25, -0.2) is 0 Å². The standard InChI is InChI=1S/C16H22N2OS/c1-4-18(5-2)10-9-17-16(19)15-11-13-12(3)7-6-8-14(13)20-15/h6-8,11H,4-5,9-10H2,1-3H3,(H,17,19). The molecular formula is C16H22N2OS. The molecule has 108 valence electrons. The van der Waals surface area contributed by atoms with Gasteiger partial charge in [0.15, 0.2) is 0 Å². The molecule has 0 unspecified atom stereocenters. The van der Waals surface area contributed by atoms with Crippen LogP contribution in [0, 0.1) is 6.92 Å². The Balaban J connectivity index is 1.99. The van der Waals surface area contributed by atoms with Gasteiger partial charge in [0, 0.05) is 17.8 Å². The highest BCUT2D eigenvalue weighted by atomic mass is 32.1. The second kappa shape index (κ2) is 6.86. The molecule has 0 radical (unpaired) electrons. The molecule has 0 saturated heterocycles. The Morgan fingerprint density at radius 3 is 2.70 bits per heavy atom. The number of aryl methyl sites for hydroxylation is 1. The molecule has 0 atom stereocenters. The van der Waals surface area contributed by atoms with E-state index in [-0.39, 0.29) is 5.91 Å². The Labute approximate surface area is 124 Å². The topological polar surface area (TPSA) is 32.3 Å². The number of hydrogen-bond acceptors (Lipinski definition) is 3. The van der Waals surface area contributed by atoms with Crippen LogP contribution in [0.4, 0.5) is 0 Å². The molecule has 3 nitrogen and oxygen atoms in total. The Bertz CT molecular complexity index is 587. The predicted octanol–water partition coefficient (Wildman–Crippen LogP) is 3.28. The van der Waals surface area contributed by atoms with Crippen LogP contribution in [-0.4, -0.2) is 37.0 Å². The van der Waals surface area contributed by atoms with Crippen LogP contribution >= 0.6 is 11.3 Å². The molecule has 1 N–H and O–H groups in total. The molecule has 4 heteroatoms. The minimum Gasteiger partial charge on any atom is -0.350 e. The number of carbonyl (C=O) groups excluding carboxylic acids is 1. The van der Waals surface area contributed by atoms with E-state index in [0.29, 0.717) is 6.54 Å². The monoisotopic (exact) mass is 290 g/mol. The van der Waals surface area contributed by atoms with Gasteiger partial charge in [0.05, 0.1) is 4.88 Å². The number of nitrogens with one attached hydrogen (secondary N) is 1. The first-order chi connectivity index (χ1) is 9.65. The van der Waals surface area contributed by atoms with E-state index in [1.165, 1.54) is 15.6 Å². The molecule has 2 rings (SSSR count). The first kappa shape index (κ1) is 15.0. The van der Waals surface area contributed by atoms with E-state index in [9.17, 15) is 4.79 Å². The van der Waals surface area contributed by atoms with Crippen LogP contribution in [0.25, 0.3) is 10.1 Å². The molecule has 2 aromatic rings. The highest BCUT2D eigenvalue weighted by Crippen LogP contribution is 2.27. The van der Waals surface area contributed by atoms with Crippen molar-refractivity contribution in [3.8, 4) is 0 Å². The first-order valence-electron chi connectivity index (χ1n) is 7.15. The SMILES string of the molecule is CCN(CC)CCNC(=O)c1cc2c(C)cccc2s1. The molecule has 0 aliphatic rings. The van der Waals surface area contributed by atoms with Crippen molar-refractivity contribution in [1.29, 1.82) is 0 Å². The van der Waals surface area contributed by atoms with Crippen molar-refractivity contribution in [2.24, 2.45) is 0 Å². The fourth-order valence-corrected chi connectivity index (χ4v) is 3.33. The number of thiophene rings is 1. The third kappa shape index (κ3) is 3.38. The van der Waals surface area contributed by atoms with Crippen molar-refractivity contribution in [2.45, 2.75) is 20.8 Å². The summed E-state index contributed by atoms with van der Waals surface area (Å²) in [4.78, 5) is 15.3. The van der Waals surface area contributed by atoms with E-state index in [4.69, 9.17) is 0 Å². The summed E-state index contributed by atoms with van der Waals surface area (Å²) < 4.78 is 1.18. The molecule has 20 heavy (non-hydrogen) atoms. The minimum absolute atomic E-state index is 0.0396. The summed E-state index contributed by atoms with van der Waals surface area (Å²) in [6.07, 6.45) is 0. The second-order valence-electron chi connectivity index (χ2n) is 4.88. The largest absolute Gasteiger partial charge is 0.350 e. The molecule has 0 spiro atoms. The molecule has 0 aliphatic heterocycles. The van der Waals surface area contributed by atoms with Gasteiger partial charge < -0.3 is 10.2 Å². The van der Waals surface area contributed by atoms with Crippen molar-refractivity contribution < 1.29 is 4.79 Å². The third-order valence-corrected chi connectivity index (χ3v) is 4.71. The summed E-state index contributed by atoms with van der Waals surface area (Å²) in [6.45, 7) is 10.0. The zero-order valence-corrected chi connectivity index (χ0v) is 13.2. The number of amides is 1. The van der Waals surface area contributed by atoms with Gasteiger partial charge >= 0.3 is 0 Å². The lowest BCUT2D eigenvalue weighted by atomic mass is 10.1. The molecule has 0 aliphatic carbocycles. The van der Waals surface area contributed by atoms with Crippen LogP contribution < -0.4 is 5.32 Å². The fourth-order valence-electron chi connectivity index (χ4n) is 2.27. The Kier molecular flexibility index (Phi) is 5.15. The summed E-state index contributed by atoms with van der Waals surface area (Å²) in [5.74, 6) is 0.0396. The number of likely N-dealkylation sites (N-methyl/N-ethyl adjacent to an activating group) is 1. The van der Waals surface area contributed by atoms with E-state index in [0.717, 1.165) is 24.5 Å². The average molecular weight is 290 g/mol. The molecule has 1 aromatic carbocycles. The summed E-state index contributed by atoms with van der Waals surface area (Å²) in [5.41, 5.74) is 1.22. The van der Waals surface area contributed by atoms with Crippen LogP contribution in [0.3, 0.4) is 0 Å². The van der Waals surface area contributed by atoms with Crippen LogP contribution in [0.5, 0.6) is 0 Å². The second-order valence-corrected chi connectivity index (χ2v) is 5.96. The normalized spacial score (nSPS) is 11.2. The third-order valence-electron chi connectivity index (χ3n) is 3.61. The van der Waals surface area contributed by atoms with Gasteiger partial charge in [-0.3, -0.25) is 4.79 Å². The summed E-state index contributed by atoms with van der Waals surface area (Å²) in [6, 6.07) is 8.19. The van der Waals surface area contributed by atoms with Gasteiger partial charge in [-0.05, 0) is 43.1 Å². The highest BCUT2D eigenvalue weighted by Gasteiger charge is 2.11. The summed E-state index contributed by atoms with van der Waals surface area (Å²) in [7, 11) is 0. The van der Waals surface area contributed by atoms with Gasteiger partial charge in [-0.15, -0.1) is 11.3 Å². The lowest BCUT2D eigenvalue weighted by molar-refractivity contribution is 0.0953. The molecule has 0 fully saturated rings. The molecule has 0 bridgehead atoms. The van der Waals surface area contributed by atoms with Crippen LogP contribution in [0.2, 0.25) is 0 Å². The van der Waals surface area contributed by atoms with E-state index < -0.39 is 0 Å². The average Bonchev–Trinajstić information content (AvgIpc) is 2.89. The van der Waals surface area contributed by atoms with E-state index in [2.05, 4.69) is 43.1 Å². The smallest absolute Gasteiger partial charge is 0.261 e. The number of nitrogens with zero attached hydrogens (tertiary/aromatic N) is 1. The van der Waals surface area contributed by atoms with E-state index >= 15 is 0 Å². The number of fused-ring (bicyclic) bond motifs is 1. The maximum atomic E-state index is 12.2. The van der Waals surface area contributed by atoms with Gasteiger partial charge in [0.25, 0.3) is 5.91 Å². The lowest BCUT2D eigenvalue weighted by Crippen LogP contribution is -2.34. The number of rotatable bonds is 6. The minimum atomic E-state index is 0.0396. The van der Waals surface area contributed by atoms with Gasteiger partial charge in [-0.2, -0.15) is 0 Å². The Morgan fingerprint density at radius 2 is 2.05 bits per heavy atom. The summed E-state index contributed by atoms with van der Waals surface area (Å²) in [5, 5.41) is 4.19. The summed E-state index contributed by atoms with van der Waals surface area (Å²) >= 11 is 1.56. The van der Waals surface area contributed by atoms with Gasteiger partial charge in [0.2, 0.25) is 0 Å². The first-order valence-corrected chi connectivity index (χ1v) is 7.97. The molecule has 0 saturated carbocycles. The van der Waals surface area contributed by atoms with Crippen molar-refractivity contribution in [3.05, 3.63) is 34.7 Å². The van der Waals surface area contributed by atoms with Gasteiger partial charge in [-0.1, -0.05) is 26.0 Å². The zero-order chi connectivity index (χ0) is 14.5. The van der Waals surface area contributed by atoms with Crippen molar-refractivity contribution >= 4 is 27.3 Å². The number of benzene rings is 1.